The van der Waals surface area contributed by atoms with E-state index in [9.17, 15) is 0 Å². The predicted octanol–water partition coefficient (Wildman–Crippen LogP) is 0.849. The summed E-state index contributed by atoms with van der Waals surface area (Å²) in [6.07, 6.45) is 2.49. The van der Waals surface area contributed by atoms with Gasteiger partial charge in [0.15, 0.2) is 0 Å². The van der Waals surface area contributed by atoms with Crippen molar-refractivity contribution in [1.29, 1.82) is 0 Å². The van der Waals surface area contributed by atoms with Gasteiger partial charge in [0.05, 0.1) is 0 Å². The van der Waals surface area contributed by atoms with Gasteiger partial charge in [-0.15, -0.1) is 5.10 Å². The molecule has 0 bridgehead atoms. The fraction of sp³-hybridized carbons (Fsp3) is 0.667. The van der Waals surface area contributed by atoms with Crippen LogP contribution in [0.4, 0.5) is 0 Å². The second kappa shape index (κ2) is 3.79. The number of rotatable bonds is 2. The highest BCUT2D eigenvalue weighted by molar-refractivity contribution is 5.12. The van der Waals surface area contributed by atoms with Crippen LogP contribution >= 0.6 is 0 Å². The second-order valence-corrected chi connectivity index (χ2v) is 3.46. The van der Waals surface area contributed by atoms with Crippen LogP contribution in [-0.2, 0) is 0 Å². The van der Waals surface area contributed by atoms with E-state index in [-0.39, 0.29) is 0 Å². The van der Waals surface area contributed by atoms with E-state index in [0.29, 0.717) is 6.10 Å². The molecule has 2 heterocycles. The molecule has 2 rings (SSSR count). The molecule has 4 nitrogen and oxygen atoms in total. The van der Waals surface area contributed by atoms with Gasteiger partial charge in [0.1, 0.15) is 6.10 Å². The van der Waals surface area contributed by atoms with Gasteiger partial charge in [-0.05, 0) is 32.9 Å². The number of ether oxygens (including phenoxy) is 1. The van der Waals surface area contributed by atoms with Gasteiger partial charge in [-0.1, -0.05) is 0 Å². The molecule has 1 aliphatic rings. The Hall–Kier alpha value is -1.03. The van der Waals surface area contributed by atoms with Gasteiger partial charge >= 0.3 is 0 Å². The lowest BCUT2D eigenvalue weighted by Gasteiger charge is -2.22. The zero-order valence-corrected chi connectivity index (χ0v) is 7.84. The summed E-state index contributed by atoms with van der Waals surface area (Å²) in [5, 5.41) is 10.2. The van der Waals surface area contributed by atoms with Crippen molar-refractivity contribution in [3.05, 3.63) is 11.8 Å². The third-order valence-electron chi connectivity index (χ3n) is 2.26. The van der Waals surface area contributed by atoms with Crippen molar-refractivity contribution in [3.63, 3.8) is 0 Å². The standard InChI is InChI=1S/C9H15N3O/c1-7-6-9(12-11-7)13-8-2-4-10-5-3-8/h6,8,10H,2-5H2,1H3,(H,11,12). The molecule has 0 unspecified atom stereocenters. The number of piperidine rings is 1. The Morgan fingerprint density at radius 3 is 2.85 bits per heavy atom. The normalized spacial score (nSPS) is 18.8. The van der Waals surface area contributed by atoms with Crippen molar-refractivity contribution in [3.8, 4) is 5.88 Å². The fourth-order valence-corrected chi connectivity index (χ4v) is 1.54. The Labute approximate surface area is 77.7 Å². The molecule has 0 atom stereocenters. The van der Waals surface area contributed by atoms with E-state index >= 15 is 0 Å². The topological polar surface area (TPSA) is 49.9 Å². The smallest absolute Gasteiger partial charge is 0.233 e. The largest absolute Gasteiger partial charge is 0.473 e. The Morgan fingerprint density at radius 2 is 2.23 bits per heavy atom. The molecular formula is C9H15N3O. The number of aromatic amines is 1. The average molecular weight is 181 g/mol. The summed E-state index contributed by atoms with van der Waals surface area (Å²) < 4.78 is 5.69. The van der Waals surface area contributed by atoms with Crippen LogP contribution in [0.25, 0.3) is 0 Å². The van der Waals surface area contributed by atoms with Gasteiger partial charge in [0.2, 0.25) is 5.88 Å². The van der Waals surface area contributed by atoms with Crippen LogP contribution < -0.4 is 10.1 Å². The Kier molecular flexibility index (Phi) is 2.49. The Morgan fingerprint density at radius 1 is 1.46 bits per heavy atom. The van der Waals surface area contributed by atoms with E-state index in [1.54, 1.807) is 0 Å². The van der Waals surface area contributed by atoms with E-state index in [4.69, 9.17) is 4.74 Å². The molecule has 0 aliphatic carbocycles. The molecule has 72 valence electrons. The number of nitrogens with one attached hydrogen (secondary N) is 2. The van der Waals surface area contributed by atoms with E-state index < -0.39 is 0 Å². The maximum Gasteiger partial charge on any atom is 0.233 e. The van der Waals surface area contributed by atoms with Crippen LogP contribution in [0, 0.1) is 6.92 Å². The summed E-state index contributed by atoms with van der Waals surface area (Å²) in [4.78, 5) is 0. The first kappa shape index (κ1) is 8.56. The SMILES string of the molecule is Cc1cc(OC2CCNCC2)n[nH]1. The first-order valence-electron chi connectivity index (χ1n) is 4.74. The summed E-state index contributed by atoms with van der Waals surface area (Å²) in [6.45, 7) is 4.07. The average Bonchev–Trinajstić information content (AvgIpc) is 2.53. The van der Waals surface area contributed by atoms with E-state index in [1.165, 1.54) is 0 Å². The predicted molar refractivity (Wildman–Crippen MR) is 49.8 cm³/mol. The number of hydrogen-bond acceptors (Lipinski definition) is 3. The maximum atomic E-state index is 5.69. The number of aromatic nitrogens is 2. The third kappa shape index (κ3) is 2.21. The molecule has 2 N–H and O–H groups in total. The van der Waals surface area contributed by atoms with Crippen molar-refractivity contribution in [1.82, 2.24) is 15.5 Å². The second-order valence-electron chi connectivity index (χ2n) is 3.46. The summed E-state index contributed by atoms with van der Waals surface area (Å²) in [5.41, 5.74) is 1.05. The summed E-state index contributed by atoms with van der Waals surface area (Å²) in [6, 6.07) is 1.93. The summed E-state index contributed by atoms with van der Waals surface area (Å²) >= 11 is 0. The molecule has 1 aromatic heterocycles. The van der Waals surface area contributed by atoms with Gasteiger partial charge < -0.3 is 10.1 Å². The molecule has 1 aromatic rings. The van der Waals surface area contributed by atoms with Crippen LogP contribution in [0.2, 0.25) is 0 Å². The molecule has 4 heteroatoms. The summed E-state index contributed by atoms with van der Waals surface area (Å²) in [7, 11) is 0. The minimum Gasteiger partial charge on any atom is -0.473 e. The first-order chi connectivity index (χ1) is 6.34. The lowest BCUT2D eigenvalue weighted by Crippen LogP contribution is -2.34. The molecule has 13 heavy (non-hydrogen) atoms. The molecule has 1 aliphatic heterocycles. The third-order valence-corrected chi connectivity index (χ3v) is 2.26. The molecular weight excluding hydrogens is 166 g/mol. The van der Waals surface area contributed by atoms with Crippen LogP contribution in [-0.4, -0.2) is 29.4 Å². The van der Waals surface area contributed by atoms with Crippen LogP contribution in [0.5, 0.6) is 5.88 Å². The van der Waals surface area contributed by atoms with Crippen LogP contribution in [0.3, 0.4) is 0 Å². The molecule has 0 spiro atoms. The Balaban J connectivity index is 1.89. The van der Waals surface area contributed by atoms with Crippen LogP contribution in [0.1, 0.15) is 18.5 Å². The highest BCUT2D eigenvalue weighted by Crippen LogP contribution is 2.14. The van der Waals surface area contributed by atoms with Crippen molar-refractivity contribution in [2.45, 2.75) is 25.9 Å². The number of H-pyrrole nitrogens is 1. The lowest BCUT2D eigenvalue weighted by molar-refractivity contribution is 0.156. The van der Waals surface area contributed by atoms with Crippen molar-refractivity contribution < 1.29 is 4.74 Å². The highest BCUT2D eigenvalue weighted by atomic mass is 16.5. The van der Waals surface area contributed by atoms with Crippen LogP contribution in [0.15, 0.2) is 6.07 Å². The number of aryl methyl sites for hydroxylation is 1. The zero-order chi connectivity index (χ0) is 9.10. The summed E-state index contributed by atoms with van der Waals surface area (Å²) in [5.74, 6) is 0.726. The minimum atomic E-state index is 0.337. The van der Waals surface area contributed by atoms with E-state index in [1.807, 2.05) is 13.0 Å². The van der Waals surface area contributed by atoms with Gasteiger partial charge in [-0.3, -0.25) is 5.10 Å². The van der Waals surface area contributed by atoms with E-state index in [0.717, 1.165) is 37.5 Å². The van der Waals surface area contributed by atoms with Gasteiger partial charge in [0.25, 0.3) is 0 Å². The molecule has 1 saturated heterocycles. The van der Waals surface area contributed by atoms with Crippen molar-refractivity contribution in [2.75, 3.05) is 13.1 Å². The van der Waals surface area contributed by atoms with Crippen molar-refractivity contribution >= 4 is 0 Å². The Bertz CT molecular complexity index is 266. The fourth-order valence-electron chi connectivity index (χ4n) is 1.54. The maximum absolute atomic E-state index is 5.69. The molecule has 0 aromatic carbocycles. The van der Waals surface area contributed by atoms with E-state index in [2.05, 4.69) is 15.5 Å². The number of hydrogen-bond donors (Lipinski definition) is 2. The first-order valence-corrected chi connectivity index (χ1v) is 4.74. The molecule has 0 radical (unpaired) electrons. The molecule has 0 amide bonds. The van der Waals surface area contributed by atoms with Gasteiger partial charge in [-0.25, -0.2) is 0 Å². The lowest BCUT2D eigenvalue weighted by atomic mass is 10.1. The zero-order valence-electron chi connectivity index (χ0n) is 7.84. The minimum absolute atomic E-state index is 0.337. The number of nitrogens with zero attached hydrogens (tertiary/aromatic N) is 1. The monoisotopic (exact) mass is 181 g/mol. The molecule has 1 fully saturated rings. The highest BCUT2D eigenvalue weighted by Gasteiger charge is 2.15. The van der Waals surface area contributed by atoms with Gasteiger partial charge in [-0.2, -0.15) is 0 Å². The van der Waals surface area contributed by atoms with Crippen molar-refractivity contribution in [2.24, 2.45) is 0 Å². The van der Waals surface area contributed by atoms with Gasteiger partial charge in [0, 0.05) is 11.8 Å². The molecule has 0 saturated carbocycles. The quantitative estimate of drug-likeness (QED) is 0.711.